The van der Waals surface area contributed by atoms with Gasteiger partial charge in [0.05, 0.1) is 0 Å². The van der Waals surface area contributed by atoms with E-state index in [4.69, 9.17) is 10.5 Å². The van der Waals surface area contributed by atoms with Crippen molar-refractivity contribution in [1.29, 1.82) is 0 Å². The zero-order chi connectivity index (χ0) is 32.3. The average Bonchev–Trinajstić information content (AvgIpc) is 3.29. The van der Waals surface area contributed by atoms with Crippen LogP contribution in [0.4, 0.5) is 4.79 Å². The number of ether oxygens (including phenoxy) is 1. The molecule has 0 aromatic heterocycles. The summed E-state index contributed by atoms with van der Waals surface area (Å²) in [4.78, 5) is 27.4. The number of nitrogens with one attached hydrogen (secondary N) is 1. The van der Waals surface area contributed by atoms with Gasteiger partial charge in [-0.3, -0.25) is 4.79 Å². The van der Waals surface area contributed by atoms with E-state index in [9.17, 15) is 9.59 Å². The van der Waals surface area contributed by atoms with Gasteiger partial charge in [-0.2, -0.15) is 0 Å². The van der Waals surface area contributed by atoms with Crippen molar-refractivity contribution in [3.05, 3.63) is 11.6 Å². The molecular weight excluding hydrogens is 546 g/mol. The van der Waals surface area contributed by atoms with Crippen LogP contribution >= 0.6 is 0 Å². The number of hydrogen-bond donors (Lipinski definition) is 2. The number of nitrogens with zero attached hydrogens (tertiary/aromatic N) is 1. The molecular formula is C38H67N3O3. The van der Waals surface area contributed by atoms with Gasteiger partial charge < -0.3 is 20.7 Å². The van der Waals surface area contributed by atoms with E-state index in [0.29, 0.717) is 37.9 Å². The smallest absolute Gasteiger partial charge is 0.410 e. The van der Waals surface area contributed by atoms with Crippen molar-refractivity contribution in [1.82, 2.24) is 10.2 Å². The molecule has 252 valence electrons. The van der Waals surface area contributed by atoms with Gasteiger partial charge >= 0.3 is 6.09 Å². The summed E-state index contributed by atoms with van der Waals surface area (Å²) in [6.07, 6.45) is 17.6. The molecule has 0 aromatic carbocycles. The van der Waals surface area contributed by atoms with Gasteiger partial charge in [0.15, 0.2) is 0 Å². The van der Waals surface area contributed by atoms with Gasteiger partial charge in [0, 0.05) is 32.1 Å². The monoisotopic (exact) mass is 614 g/mol. The van der Waals surface area contributed by atoms with E-state index in [1.807, 2.05) is 25.7 Å². The Morgan fingerprint density at radius 1 is 1.05 bits per heavy atom. The highest BCUT2D eigenvalue weighted by atomic mass is 16.6. The van der Waals surface area contributed by atoms with Crippen molar-refractivity contribution in [2.24, 2.45) is 52.1 Å². The Hall–Kier alpha value is -1.56. The molecule has 44 heavy (non-hydrogen) atoms. The molecule has 4 rings (SSSR count). The van der Waals surface area contributed by atoms with E-state index in [1.54, 1.807) is 5.57 Å². The second-order valence-electron chi connectivity index (χ2n) is 17.1. The lowest BCUT2D eigenvalue weighted by atomic mass is 9.46. The first-order chi connectivity index (χ1) is 20.7. The van der Waals surface area contributed by atoms with Crippen LogP contribution < -0.4 is 11.1 Å². The molecule has 0 saturated heterocycles. The van der Waals surface area contributed by atoms with Crippen LogP contribution in [-0.4, -0.2) is 48.2 Å². The summed E-state index contributed by atoms with van der Waals surface area (Å²) < 4.78 is 5.90. The fourth-order valence-corrected chi connectivity index (χ4v) is 10.4. The molecule has 4 aliphatic carbocycles. The average molecular weight is 614 g/mol. The molecule has 5 unspecified atom stereocenters. The van der Waals surface area contributed by atoms with Gasteiger partial charge in [-0.1, -0.05) is 65.5 Å². The van der Waals surface area contributed by atoms with Crippen LogP contribution in [0.5, 0.6) is 0 Å². The predicted octanol–water partition coefficient (Wildman–Crippen LogP) is 8.49. The normalized spacial score (nSPS) is 34.0. The van der Waals surface area contributed by atoms with Gasteiger partial charge in [-0.25, -0.2) is 4.79 Å². The molecule has 0 aromatic rings. The molecule has 0 aliphatic heterocycles. The third kappa shape index (κ3) is 7.86. The first kappa shape index (κ1) is 35.3. The molecule has 6 heteroatoms. The molecule has 3 saturated carbocycles. The minimum atomic E-state index is -0.537. The van der Waals surface area contributed by atoms with Crippen molar-refractivity contribution in [3.63, 3.8) is 0 Å². The van der Waals surface area contributed by atoms with Crippen LogP contribution in [0.15, 0.2) is 11.6 Å². The lowest BCUT2D eigenvalue weighted by molar-refractivity contribution is -0.120. The first-order valence-corrected chi connectivity index (χ1v) is 18.4. The number of carbonyl (C=O) groups excluding carboxylic acids is 2. The SMILES string of the molecule is CC(C)CCC[C@@H](C)C1CC[C@H]2C3CC=C4C[C@@H](N(CCCNC(=O)CCN)C(=O)OC(C)(C)C)CCC4(C)C3CCC12C. The summed E-state index contributed by atoms with van der Waals surface area (Å²) in [7, 11) is 0. The zero-order valence-corrected chi connectivity index (χ0v) is 29.7. The van der Waals surface area contributed by atoms with E-state index in [1.165, 1.54) is 51.4 Å². The summed E-state index contributed by atoms with van der Waals surface area (Å²) >= 11 is 0. The molecule has 3 N–H and O–H groups in total. The van der Waals surface area contributed by atoms with Crippen LogP contribution in [0, 0.1) is 46.3 Å². The first-order valence-electron chi connectivity index (χ1n) is 18.4. The number of nitrogens with two attached hydrogens (primary N) is 1. The molecule has 0 radical (unpaired) electrons. The van der Waals surface area contributed by atoms with Gasteiger partial charge in [-0.15, -0.1) is 0 Å². The minimum Gasteiger partial charge on any atom is -0.444 e. The highest BCUT2D eigenvalue weighted by Gasteiger charge is 2.59. The third-order valence-corrected chi connectivity index (χ3v) is 12.6. The second kappa shape index (κ2) is 14.5. The Kier molecular flexibility index (Phi) is 11.6. The zero-order valence-electron chi connectivity index (χ0n) is 29.7. The van der Waals surface area contributed by atoms with Crippen LogP contribution in [0.3, 0.4) is 0 Å². The lowest BCUT2D eigenvalue weighted by Crippen LogP contribution is -2.53. The van der Waals surface area contributed by atoms with Crippen molar-refractivity contribution >= 4 is 12.0 Å². The maximum absolute atomic E-state index is 13.5. The molecule has 2 amide bonds. The summed E-state index contributed by atoms with van der Waals surface area (Å²) in [5.41, 5.74) is 7.33. The molecule has 0 spiro atoms. The number of carbonyl (C=O) groups is 2. The fraction of sp³-hybridized carbons (Fsp3) is 0.895. The Bertz CT molecular complexity index is 1020. The summed E-state index contributed by atoms with van der Waals surface area (Å²) in [5.74, 6) is 4.96. The number of rotatable bonds is 12. The molecule has 0 heterocycles. The quantitative estimate of drug-likeness (QED) is 0.171. The molecule has 3 fully saturated rings. The molecule has 6 nitrogen and oxygen atoms in total. The van der Waals surface area contributed by atoms with Crippen molar-refractivity contribution in [2.75, 3.05) is 19.6 Å². The fourth-order valence-electron chi connectivity index (χ4n) is 10.4. The molecule has 8 atom stereocenters. The number of fused-ring (bicyclic) bond motifs is 5. The Labute approximate surface area is 270 Å². The number of hydrogen-bond acceptors (Lipinski definition) is 4. The van der Waals surface area contributed by atoms with Gasteiger partial charge in [0.25, 0.3) is 0 Å². The minimum absolute atomic E-state index is 0.0237. The van der Waals surface area contributed by atoms with Crippen molar-refractivity contribution in [2.45, 2.75) is 151 Å². The van der Waals surface area contributed by atoms with Crippen molar-refractivity contribution < 1.29 is 14.3 Å². The van der Waals surface area contributed by atoms with E-state index in [0.717, 1.165) is 54.8 Å². The standard InChI is InChI=1S/C38H67N3O3/c1-26(2)11-9-12-27(3)31-15-16-32-30-14-13-28-25-29(17-20-37(28,7)33(30)18-21-38(31,32)8)41(35(43)44-36(4,5)6)24-10-23-40-34(42)19-22-39/h13,26-27,29-33H,9-12,14-25,39H2,1-8H3,(H,40,42)/t27-,29+,30?,31?,32+,33?,37?,38?/m1/s1. The van der Waals surface area contributed by atoms with E-state index >= 15 is 0 Å². The Morgan fingerprint density at radius 3 is 2.48 bits per heavy atom. The third-order valence-electron chi connectivity index (χ3n) is 12.6. The Balaban J connectivity index is 1.44. The van der Waals surface area contributed by atoms with Crippen LogP contribution in [-0.2, 0) is 9.53 Å². The highest BCUT2D eigenvalue weighted by molar-refractivity contribution is 5.76. The maximum Gasteiger partial charge on any atom is 0.410 e. The number of allylic oxidation sites excluding steroid dienone is 1. The maximum atomic E-state index is 13.5. The van der Waals surface area contributed by atoms with Crippen LogP contribution in [0.1, 0.15) is 139 Å². The topological polar surface area (TPSA) is 84.7 Å². The van der Waals surface area contributed by atoms with Gasteiger partial charge in [0.2, 0.25) is 5.91 Å². The largest absolute Gasteiger partial charge is 0.444 e. The Morgan fingerprint density at radius 2 is 1.80 bits per heavy atom. The summed E-state index contributed by atoms with van der Waals surface area (Å²) in [6, 6.07) is 0.150. The van der Waals surface area contributed by atoms with Crippen LogP contribution in [0.25, 0.3) is 0 Å². The lowest BCUT2D eigenvalue weighted by Gasteiger charge is -2.59. The number of amides is 2. The van der Waals surface area contributed by atoms with E-state index < -0.39 is 5.60 Å². The van der Waals surface area contributed by atoms with E-state index in [2.05, 4.69) is 46.0 Å². The summed E-state index contributed by atoms with van der Waals surface area (Å²) in [6.45, 7) is 19.8. The predicted molar refractivity (Wildman–Crippen MR) is 181 cm³/mol. The molecule has 0 bridgehead atoms. The van der Waals surface area contributed by atoms with Crippen LogP contribution in [0.2, 0.25) is 0 Å². The molecule has 4 aliphatic rings. The highest BCUT2D eigenvalue weighted by Crippen LogP contribution is 2.67. The van der Waals surface area contributed by atoms with Crippen molar-refractivity contribution in [3.8, 4) is 0 Å². The van der Waals surface area contributed by atoms with Gasteiger partial charge in [0.1, 0.15) is 5.60 Å². The second-order valence-corrected chi connectivity index (χ2v) is 17.1. The summed E-state index contributed by atoms with van der Waals surface area (Å²) in [5, 5.41) is 2.95. The van der Waals surface area contributed by atoms with Gasteiger partial charge in [-0.05, 0) is 125 Å². The van der Waals surface area contributed by atoms with E-state index in [-0.39, 0.29) is 23.5 Å².